The molecule has 1 heterocycles. The molecule has 0 aliphatic heterocycles. The zero-order valence-corrected chi connectivity index (χ0v) is 13.9. The number of aromatic nitrogens is 1. The molecule has 3 aromatic rings. The number of hydrogen-bond donors (Lipinski definition) is 1. The second kappa shape index (κ2) is 6.43. The molecule has 0 saturated heterocycles. The number of ether oxygens (including phenoxy) is 1. The van der Waals surface area contributed by atoms with Crippen molar-refractivity contribution in [1.82, 2.24) is 4.98 Å². The smallest absolute Gasteiger partial charge is 0.248 e. The molecule has 1 aliphatic carbocycles. The monoisotopic (exact) mass is 334 g/mol. The maximum atomic E-state index is 12.1. The lowest BCUT2D eigenvalue weighted by molar-refractivity contribution is -0.111. The van der Waals surface area contributed by atoms with Gasteiger partial charge in [0, 0.05) is 17.7 Å². The zero-order chi connectivity index (χ0) is 17.2. The molecular formula is C20H18N2O3. The van der Waals surface area contributed by atoms with E-state index in [2.05, 4.69) is 10.3 Å². The molecule has 5 nitrogen and oxygen atoms in total. The molecule has 1 aromatic heterocycles. The Morgan fingerprint density at radius 3 is 2.76 bits per heavy atom. The van der Waals surface area contributed by atoms with Gasteiger partial charge in [-0.25, -0.2) is 4.98 Å². The molecular weight excluding hydrogens is 316 g/mol. The Bertz CT molecular complexity index is 937. The van der Waals surface area contributed by atoms with Gasteiger partial charge in [0.2, 0.25) is 5.91 Å². The van der Waals surface area contributed by atoms with Crippen LogP contribution >= 0.6 is 0 Å². The third kappa shape index (κ3) is 3.55. The van der Waals surface area contributed by atoms with Gasteiger partial charge in [0.15, 0.2) is 11.5 Å². The number of amides is 1. The maximum absolute atomic E-state index is 12.1. The van der Waals surface area contributed by atoms with Crippen molar-refractivity contribution in [3.8, 4) is 5.75 Å². The molecule has 1 saturated carbocycles. The summed E-state index contributed by atoms with van der Waals surface area (Å²) in [6, 6.07) is 13.0. The minimum atomic E-state index is -0.193. The molecule has 0 bridgehead atoms. The van der Waals surface area contributed by atoms with Crippen molar-refractivity contribution in [2.45, 2.75) is 18.8 Å². The lowest BCUT2D eigenvalue weighted by Gasteiger charge is -2.02. The molecule has 0 spiro atoms. The van der Waals surface area contributed by atoms with Crippen LogP contribution in [0.5, 0.6) is 5.75 Å². The Labute approximate surface area is 145 Å². The lowest BCUT2D eigenvalue weighted by atomic mass is 10.2. The Hall–Kier alpha value is -3.08. The molecule has 0 unspecified atom stereocenters. The number of nitrogens with one attached hydrogen (secondary N) is 1. The summed E-state index contributed by atoms with van der Waals surface area (Å²) >= 11 is 0. The minimum Gasteiger partial charge on any atom is -0.497 e. The van der Waals surface area contributed by atoms with Crippen LogP contribution in [-0.4, -0.2) is 18.0 Å². The van der Waals surface area contributed by atoms with Gasteiger partial charge in [-0.1, -0.05) is 12.1 Å². The van der Waals surface area contributed by atoms with Gasteiger partial charge < -0.3 is 14.5 Å². The number of methoxy groups -OCH3 is 1. The number of anilines is 1. The number of benzene rings is 2. The molecule has 1 N–H and O–H groups in total. The van der Waals surface area contributed by atoms with E-state index < -0.39 is 0 Å². The van der Waals surface area contributed by atoms with Crippen LogP contribution in [0.4, 0.5) is 5.69 Å². The molecule has 1 aliphatic rings. The predicted octanol–water partition coefficient (Wildman–Crippen LogP) is 4.37. The molecule has 126 valence electrons. The van der Waals surface area contributed by atoms with Crippen molar-refractivity contribution in [2.24, 2.45) is 0 Å². The number of carbonyl (C=O) groups excluding carboxylic acids is 1. The molecule has 2 aromatic carbocycles. The van der Waals surface area contributed by atoms with Gasteiger partial charge in [-0.3, -0.25) is 4.79 Å². The second-order valence-corrected chi connectivity index (χ2v) is 6.10. The third-order valence-electron chi connectivity index (χ3n) is 4.14. The van der Waals surface area contributed by atoms with E-state index in [1.54, 1.807) is 13.2 Å². The fraction of sp³-hybridized carbons (Fsp3) is 0.200. The molecule has 1 amide bonds. The first-order chi connectivity index (χ1) is 12.2. The van der Waals surface area contributed by atoms with E-state index in [1.165, 1.54) is 6.08 Å². The number of carbonyl (C=O) groups is 1. The maximum Gasteiger partial charge on any atom is 0.248 e. The fourth-order valence-corrected chi connectivity index (χ4v) is 2.60. The highest BCUT2D eigenvalue weighted by Gasteiger charge is 2.28. The van der Waals surface area contributed by atoms with Gasteiger partial charge in [-0.15, -0.1) is 0 Å². The molecule has 0 radical (unpaired) electrons. The van der Waals surface area contributed by atoms with Crippen molar-refractivity contribution in [3.63, 3.8) is 0 Å². The minimum absolute atomic E-state index is 0.193. The van der Waals surface area contributed by atoms with Crippen LogP contribution in [0.2, 0.25) is 0 Å². The van der Waals surface area contributed by atoms with E-state index in [4.69, 9.17) is 9.15 Å². The fourth-order valence-electron chi connectivity index (χ4n) is 2.60. The first-order valence-corrected chi connectivity index (χ1v) is 8.25. The van der Waals surface area contributed by atoms with Gasteiger partial charge in [-0.05, 0) is 54.8 Å². The van der Waals surface area contributed by atoms with Crippen LogP contribution in [0.25, 0.3) is 17.2 Å². The molecule has 0 atom stereocenters. The van der Waals surface area contributed by atoms with E-state index in [-0.39, 0.29) is 5.91 Å². The summed E-state index contributed by atoms with van der Waals surface area (Å²) in [6.07, 6.45) is 5.55. The standard InChI is InChI=1S/C20H18N2O3/c1-24-16-8-2-13(3-9-16)4-11-19(23)21-15-7-10-18-17(12-15)22-20(25-18)14-5-6-14/h2-4,7-12,14H,5-6H2,1H3,(H,21,23)/b11-4+. The van der Waals surface area contributed by atoms with Crippen LogP contribution in [0, 0.1) is 0 Å². The van der Waals surface area contributed by atoms with Crippen LogP contribution in [-0.2, 0) is 4.79 Å². The van der Waals surface area contributed by atoms with Crippen molar-refractivity contribution in [2.75, 3.05) is 12.4 Å². The van der Waals surface area contributed by atoms with E-state index >= 15 is 0 Å². The topological polar surface area (TPSA) is 64.4 Å². The summed E-state index contributed by atoms with van der Waals surface area (Å²) in [6.45, 7) is 0. The highest BCUT2D eigenvalue weighted by atomic mass is 16.5. The van der Waals surface area contributed by atoms with Crippen molar-refractivity contribution < 1.29 is 13.9 Å². The highest BCUT2D eigenvalue weighted by molar-refractivity contribution is 6.02. The van der Waals surface area contributed by atoms with Gasteiger partial charge in [0.25, 0.3) is 0 Å². The van der Waals surface area contributed by atoms with Crippen LogP contribution < -0.4 is 10.1 Å². The molecule has 4 rings (SSSR count). The number of fused-ring (bicyclic) bond motifs is 1. The molecule has 1 fully saturated rings. The SMILES string of the molecule is COc1ccc(/C=C/C(=O)Nc2ccc3oc(C4CC4)nc3c2)cc1. The Morgan fingerprint density at radius 1 is 1.24 bits per heavy atom. The van der Waals surface area contributed by atoms with Crippen LogP contribution in [0.15, 0.2) is 53.0 Å². The van der Waals surface area contributed by atoms with Crippen LogP contribution in [0.3, 0.4) is 0 Å². The average Bonchev–Trinajstić information content (AvgIpc) is 3.40. The van der Waals surface area contributed by atoms with Crippen molar-refractivity contribution in [1.29, 1.82) is 0 Å². The van der Waals surface area contributed by atoms with Crippen molar-refractivity contribution in [3.05, 3.63) is 60.0 Å². The largest absolute Gasteiger partial charge is 0.497 e. The number of rotatable bonds is 5. The first-order valence-electron chi connectivity index (χ1n) is 8.25. The molecule has 5 heteroatoms. The summed E-state index contributed by atoms with van der Waals surface area (Å²) in [5.74, 6) is 1.87. The van der Waals surface area contributed by atoms with Gasteiger partial charge in [-0.2, -0.15) is 0 Å². The Balaban J connectivity index is 1.44. The van der Waals surface area contributed by atoms with Gasteiger partial charge >= 0.3 is 0 Å². The number of nitrogens with zero attached hydrogens (tertiary/aromatic N) is 1. The highest BCUT2D eigenvalue weighted by Crippen LogP contribution is 2.40. The molecule has 25 heavy (non-hydrogen) atoms. The summed E-state index contributed by atoms with van der Waals surface area (Å²) in [4.78, 5) is 16.6. The average molecular weight is 334 g/mol. The normalized spacial score (nSPS) is 14.1. The third-order valence-corrected chi connectivity index (χ3v) is 4.14. The summed E-state index contributed by atoms with van der Waals surface area (Å²) in [5.41, 5.74) is 3.16. The van der Waals surface area contributed by atoms with Crippen molar-refractivity contribution >= 4 is 28.8 Å². The summed E-state index contributed by atoms with van der Waals surface area (Å²) in [5, 5.41) is 2.85. The van der Waals surface area contributed by atoms with E-state index in [0.29, 0.717) is 11.6 Å². The zero-order valence-electron chi connectivity index (χ0n) is 13.9. The second-order valence-electron chi connectivity index (χ2n) is 6.10. The Morgan fingerprint density at radius 2 is 2.04 bits per heavy atom. The lowest BCUT2D eigenvalue weighted by Crippen LogP contribution is -2.07. The van der Waals surface area contributed by atoms with E-state index in [0.717, 1.165) is 41.1 Å². The predicted molar refractivity (Wildman–Crippen MR) is 96.6 cm³/mol. The summed E-state index contributed by atoms with van der Waals surface area (Å²) < 4.78 is 10.8. The van der Waals surface area contributed by atoms with E-state index in [9.17, 15) is 4.79 Å². The van der Waals surface area contributed by atoms with Gasteiger partial charge in [0.1, 0.15) is 11.3 Å². The summed E-state index contributed by atoms with van der Waals surface area (Å²) in [7, 11) is 1.62. The number of hydrogen-bond acceptors (Lipinski definition) is 4. The van der Waals surface area contributed by atoms with E-state index in [1.807, 2.05) is 42.5 Å². The van der Waals surface area contributed by atoms with Gasteiger partial charge in [0.05, 0.1) is 7.11 Å². The quantitative estimate of drug-likeness (QED) is 0.704. The number of oxazole rings is 1. The first kappa shape index (κ1) is 15.4. The van der Waals surface area contributed by atoms with Crippen LogP contribution in [0.1, 0.15) is 30.2 Å². The Kier molecular flexibility index (Phi) is 3.98.